The molecular formula is C15H20FNO4. The number of ether oxygens (including phenoxy) is 1. The van der Waals surface area contributed by atoms with E-state index in [-0.39, 0.29) is 12.1 Å². The Labute approximate surface area is 123 Å². The first-order valence-corrected chi connectivity index (χ1v) is 6.63. The Morgan fingerprint density at radius 2 is 2.00 bits per heavy atom. The van der Waals surface area contributed by atoms with Crippen LogP contribution in [0.2, 0.25) is 0 Å². The second-order valence-corrected chi connectivity index (χ2v) is 5.56. The van der Waals surface area contributed by atoms with Crippen LogP contribution in [-0.4, -0.2) is 34.2 Å². The molecule has 1 N–H and O–H groups in total. The predicted octanol–water partition coefficient (Wildman–Crippen LogP) is 3.21. The van der Waals surface area contributed by atoms with Gasteiger partial charge in [-0.25, -0.2) is 14.0 Å². The first kappa shape index (κ1) is 16.9. The molecule has 6 heteroatoms. The Morgan fingerprint density at radius 1 is 1.38 bits per heavy atom. The zero-order valence-corrected chi connectivity index (χ0v) is 12.6. The summed E-state index contributed by atoms with van der Waals surface area (Å²) in [4.78, 5) is 24.7. The molecule has 0 aliphatic rings. The first-order chi connectivity index (χ1) is 9.65. The molecule has 0 aromatic heterocycles. The minimum atomic E-state index is -1.29. The third kappa shape index (κ3) is 4.73. The van der Waals surface area contributed by atoms with Crippen LogP contribution in [-0.2, 0) is 9.53 Å². The van der Waals surface area contributed by atoms with Crippen LogP contribution in [0.4, 0.5) is 9.18 Å². The van der Waals surface area contributed by atoms with Crippen molar-refractivity contribution in [3.63, 3.8) is 0 Å². The van der Waals surface area contributed by atoms with E-state index in [9.17, 15) is 19.1 Å². The molecule has 1 rings (SSSR count). The Kier molecular flexibility index (Phi) is 5.29. The number of hydrogen-bond donors (Lipinski definition) is 1. The largest absolute Gasteiger partial charge is 0.479 e. The third-order valence-corrected chi connectivity index (χ3v) is 2.68. The smallest absolute Gasteiger partial charge is 0.411 e. The van der Waals surface area contributed by atoms with Crippen LogP contribution in [0.5, 0.6) is 0 Å². The highest BCUT2D eigenvalue weighted by Crippen LogP contribution is 2.24. The predicted molar refractivity (Wildman–Crippen MR) is 75.4 cm³/mol. The maximum atomic E-state index is 13.3. The number of nitrogens with zero attached hydrogens (tertiary/aromatic N) is 1. The molecule has 1 aromatic rings. The van der Waals surface area contributed by atoms with Crippen molar-refractivity contribution in [2.45, 2.75) is 39.3 Å². The number of hydrogen-bond acceptors (Lipinski definition) is 3. The molecule has 0 heterocycles. The van der Waals surface area contributed by atoms with E-state index in [1.54, 1.807) is 27.7 Å². The van der Waals surface area contributed by atoms with Gasteiger partial charge in [-0.3, -0.25) is 4.90 Å². The van der Waals surface area contributed by atoms with Gasteiger partial charge in [0.15, 0.2) is 6.04 Å². The van der Waals surface area contributed by atoms with E-state index in [0.29, 0.717) is 0 Å². The Bertz CT molecular complexity index is 525. The summed E-state index contributed by atoms with van der Waals surface area (Å²) in [5.74, 6) is -1.80. The fourth-order valence-electron chi connectivity index (χ4n) is 1.87. The standard InChI is InChI=1S/C15H20FNO4/c1-5-17(14(20)21-15(2,3)4)12(13(18)19)10-7-6-8-11(16)9-10/h6-9,12H,5H2,1-4H3,(H,18,19). The first-order valence-electron chi connectivity index (χ1n) is 6.63. The summed E-state index contributed by atoms with van der Waals surface area (Å²) in [5, 5.41) is 9.39. The van der Waals surface area contributed by atoms with Crippen molar-refractivity contribution >= 4 is 12.1 Å². The highest BCUT2D eigenvalue weighted by Gasteiger charge is 2.33. The van der Waals surface area contributed by atoms with E-state index < -0.39 is 29.5 Å². The fourth-order valence-corrected chi connectivity index (χ4v) is 1.87. The minimum Gasteiger partial charge on any atom is -0.479 e. The number of likely N-dealkylation sites (N-methyl/N-ethyl adjacent to an activating group) is 1. The average Bonchev–Trinajstić information content (AvgIpc) is 2.32. The molecular weight excluding hydrogens is 277 g/mol. The van der Waals surface area contributed by atoms with Crippen molar-refractivity contribution in [2.75, 3.05) is 6.54 Å². The van der Waals surface area contributed by atoms with Crippen molar-refractivity contribution in [2.24, 2.45) is 0 Å². The van der Waals surface area contributed by atoms with E-state index in [1.807, 2.05) is 0 Å². The molecule has 1 unspecified atom stereocenters. The van der Waals surface area contributed by atoms with Crippen molar-refractivity contribution < 1.29 is 23.8 Å². The Hall–Kier alpha value is -2.11. The lowest BCUT2D eigenvalue weighted by atomic mass is 10.1. The topological polar surface area (TPSA) is 66.8 Å². The monoisotopic (exact) mass is 297 g/mol. The number of benzene rings is 1. The van der Waals surface area contributed by atoms with Gasteiger partial charge in [0.25, 0.3) is 0 Å². The van der Waals surface area contributed by atoms with Gasteiger partial charge in [0.05, 0.1) is 0 Å². The van der Waals surface area contributed by atoms with Crippen LogP contribution in [0.15, 0.2) is 24.3 Å². The van der Waals surface area contributed by atoms with E-state index >= 15 is 0 Å². The van der Waals surface area contributed by atoms with Crippen LogP contribution in [0, 0.1) is 5.82 Å². The van der Waals surface area contributed by atoms with Crippen LogP contribution >= 0.6 is 0 Å². The molecule has 21 heavy (non-hydrogen) atoms. The number of amides is 1. The minimum absolute atomic E-state index is 0.127. The fraction of sp³-hybridized carbons (Fsp3) is 0.467. The van der Waals surface area contributed by atoms with Gasteiger partial charge in [-0.15, -0.1) is 0 Å². The van der Waals surface area contributed by atoms with Gasteiger partial charge < -0.3 is 9.84 Å². The molecule has 116 valence electrons. The van der Waals surface area contributed by atoms with Crippen LogP contribution in [0.3, 0.4) is 0 Å². The Morgan fingerprint density at radius 3 is 2.43 bits per heavy atom. The molecule has 0 saturated carbocycles. The number of carboxylic acid groups (broad SMARTS) is 1. The summed E-state index contributed by atoms with van der Waals surface area (Å²) in [5.41, 5.74) is -0.551. The summed E-state index contributed by atoms with van der Waals surface area (Å²) in [6.45, 7) is 6.84. The molecule has 1 atom stereocenters. The zero-order valence-electron chi connectivity index (χ0n) is 12.6. The molecule has 0 bridgehead atoms. The van der Waals surface area contributed by atoms with Gasteiger partial charge in [-0.05, 0) is 45.4 Å². The SMILES string of the molecule is CCN(C(=O)OC(C)(C)C)C(C(=O)O)c1cccc(F)c1. The molecule has 1 amide bonds. The second kappa shape index (κ2) is 6.56. The van der Waals surface area contributed by atoms with Crippen LogP contribution < -0.4 is 0 Å². The van der Waals surface area contributed by atoms with Gasteiger partial charge in [0.1, 0.15) is 11.4 Å². The summed E-state index contributed by atoms with van der Waals surface area (Å²) in [7, 11) is 0. The number of carbonyl (C=O) groups excluding carboxylic acids is 1. The maximum Gasteiger partial charge on any atom is 0.411 e. The summed E-state index contributed by atoms with van der Waals surface area (Å²) in [6, 6.07) is 3.90. The molecule has 0 saturated heterocycles. The molecule has 1 aromatic carbocycles. The van der Waals surface area contributed by atoms with Crippen LogP contribution in [0.25, 0.3) is 0 Å². The van der Waals surface area contributed by atoms with Crippen molar-refractivity contribution in [1.29, 1.82) is 0 Å². The molecule has 0 aliphatic heterocycles. The summed E-state index contributed by atoms with van der Waals surface area (Å²) in [6.07, 6.45) is -0.748. The van der Waals surface area contributed by atoms with E-state index in [1.165, 1.54) is 18.2 Å². The molecule has 0 fully saturated rings. The average molecular weight is 297 g/mol. The van der Waals surface area contributed by atoms with Crippen molar-refractivity contribution in [3.05, 3.63) is 35.6 Å². The number of aliphatic carboxylic acids is 1. The summed E-state index contributed by atoms with van der Waals surface area (Å²) >= 11 is 0. The van der Waals surface area contributed by atoms with Crippen molar-refractivity contribution in [1.82, 2.24) is 4.90 Å². The highest BCUT2D eigenvalue weighted by molar-refractivity contribution is 5.81. The number of carboxylic acids is 1. The third-order valence-electron chi connectivity index (χ3n) is 2.68. The highest BCUT2D eigenvalue weighted by atomic mass is 19.1. The quantitative estimate of drug-likeness (QED) is 0.926. The zero-order chi connectivity index (χ0) is 16.2. The number of rotatable bonds is 4. The molecule has 5 nitrogen and oxygen atoms in total. The maximum absolute atomic E-state index is 13.3. The van der Waals surface area contributed by atoms with Gasteiger partial charge in [0.2, 0.25) is 0 Å². The van der Waals surface area contributed by atoms with Gasteiger partial charge in [-0.1, -0.05) is 12.1 Å². The van der Waals surface area contributed by atoms with Crippen LogP contribution in [0.1, 0.15) is 39.3 Å². The lowest BCUT2D eigenvalue weighted by molar-refractivity contribution is -0.143. The lowest BCUT2D eigenvalue weighted by Gasteiger charge is -2.30. The molecule has 0 aliphatic carbocycles. The Balaban J connectivity index is 3.13. The summed E-state index contributed by atoms with van der Waals surface area (Å²) < 4.78 is 18.5. The van der Waals surface area contributed by atoms with Crippen molar-refractivity contribution in [3.8, 4) is 0 Å². The van der Waals surface area contributed by atoms with Gasteiger partial charge >= 0.3 is 12.1 Å². The number of halogens is 1. The van der Waals surface area contributed by atoms with Gasteiger partial charge in [-0.2, -0.15) is 0 Å². The second-order valence-electron chi connectivity index (χ2n) is 5.56. The normalized spacial score (nSPS) is 12.6. The van der Waals surface area contributed by atoms with E-state index in [0.717, 1.165) is 11.0 Å². The number of carbonyl (C=O) groups is 2. The van der Waals surface area contributed by atoms with E-state index in [4.69, 9.17) is 4.74 Å². The molecule has 0 radical (unpaired) electrons. The lowest BCUT2D eigenvalue weighted by Crippen LogP contribution is -2.42. The molecule has 0 spiro atoms. The van der Waals surface area contributed by atoms with Gasteiger partial charge in [0, 0.05) is 6.54 Å². The van der Waals surface area contributed by atoms with E-state index in [2.05, 4.69) is 0 Å².